The highest BCUT2D eigenvalue weighted by Gasteiger charge is 2.05. The number of nitrogens with one attached hydrogen (secondary N) is 1. The molecule has 0 fully saturated rings. The predicted octanol–water partition coefficient (Wildman–Crippen LogP) is 2.27. The number of aryl methyl sites for hydroxylation is 1. The molecule has 0 aliphatic carbocycles. The molecule has 1 N–H and O–H groups in total. The van der Waals surface area contributed by atoms with Crippen LogP contribution in [-0.2, 0) is 11.2 Å². The Morgan fingerprint density at radius 3 is 3.00 bits per heavy atom. The molecule has 0 aliphatic heterocycles. The molecule has 1 aromatic rings. The molecule has 1 amide bonds. The minimum Gasteiger partial charge on any atom is -0.450 e. The van der Waals surface area contributed by atoms with Gasteiger partial charge < -0.3 is 4.74 Å². The van der Waals surface area contributed by atoms with Crippen LogP contribution in [0.5, 0.6) is 0 Å². The van der Waals surface area contributed by atoms with Crippen molar-refractivity contribution in [1.82, 2.24) is 4.98 Å². The van der Waals surface area contributed by atoms with Crippen molar-refractivity contribution in [3.8, 4) is 0 Å². The zero-order valence-electron chi connectivity index (χ0n) is 7.66. The molecule has 0 bridgehead atoms. The van der Waals surface area contributed by atoms with E-state index >= 15 is 0 Å². The van der Waals surface area contributed by atoms with Crippen molar-refractivity contribution in [3.05, 3.63) is 11.1 Å². The van der Waals surface area contributed by atoms with Gasteiger partial charge in [0.1, 0.15) is 0 Å². The van der Waals surface area contributed by atoms with Crippen molar-refractivity contribution in [2.45, 2.75) is 20.3 Å². The van der Waals surface area contributed by atoms with Gasteiger partial charge in [-0.05, 0) is 13.3 Å². The summed E-state index contributed by atoms with van der Waals surface area (Å²) >= 11 is 1.46. The highest BCUT2D eigenvalue weighted by Crippen LogP contribution is 2.18. The third-order valence-electron chi connectivity index (χ3n) is 1.39. The molecular weight excluding hydrogens is 188 g/mol. The number of rotatable bonds is 3. The quantitative estimate of drug-likeness (QED) is 0.814. The van der Waals surface area contributed by atoms with E-state index in [4.69, 9.17) is 4.74 Å². The molecule has 0 spiro atoms. The van der Waals surface area contributed by atoms with Gasteiger partial charge in [-0.25, -0.2) is 9.78 Å². The Labute approximate surface area is 80.9 Å². The number of nitrogens with zero attached hydrogens (tertiary/aromatic N) is 1. The highest BCUT2D eigenvalue weighted by atomic mass is 32.1. The summed E-state index contributed by atoms with van der Waals surface area (Å²) in [6, 6.07) is 0. The van der Waals surface area contributed by atoms with Crippen molar-refractivity contribution in [2.24, 2.45) is 0 Å². The normalized spacial score (nSPS) is 9.69. The van der Waals surface area contributed by atoms with Gasteiger partial charge >= 0.3 is 6.09 Å². The molecule has 0 aromatic carbocycles. The molecule has 1 rings (SSSR count). The van der Waals surface area contributed by atoms with E-state index in [0.717, 1.165) is 11.3 Å². The van der Waals surface area contributed by atoms with E-state index in [9.17, 15) is 4.79 Å². The number of ether oxygens (including phenoxy) is 1. The van der Waals surface area contributed by atoms with Crippen molar-refractivity contribution >= 4 is 22.6 Å². The van der Waals surface area contributed by atoms with Gasteiger partial charge in [-0.3, -0.25) is 5.32 Å². The van der Waals surface area contributed by atoms with Crippen LogP contribution in [0.15, 0.2) is 6.20 Å². The average molecular weight is 200 g/mol. The standard InChI is InChI=1S/C8H12N2O2S/c1-3-6-5-9-7(13-6)10-8(11)12-4-2/h5H,3-4H2,1-2H3,(H,9,10,11). The maximum absolute atomic E-state index is 10.9. The lowest BCUT2D eigenvalue weighted by Gasteiger charge is -1.99. The van der Waals surface area contributed by atoms with Gasteiger partial charge in [0.15, 0.2) is 5.13 Å². The lowest BCUT2D eigenvalue weighted by atomic mass is 10.4. The Balaban J connectivity index is 2.49. The first kappa shape index (κ1) is 9.98. The number of hydrogen-bond acceptors (Lipinski definition) is 4. The van der Waals surface area contributed by atoms with Crippen LogP contribution in [0.25, 0.3) is 0 Å². The van der Waals surface area contributed by atoms with Gasteiger partial charge in [-0.15, -0.1) is 11.3 Å². The van der Waals surface area contributed by atoms with Crippen LogP contribution in [0.1, 0.15) is 18.7 Å². The van der Waals surface area contributed by atoms with E-state index < -0.39 is 6.09 Å². The van der Waals surface area contributed by atoms with Crippen LogP contribution >= 0.6 is 11.3 Å². The van der Waals surface area contributed by atoms with E-state index in [1.165, 1.54) is 11.3 Å². The lowest BCUT2D eigenvalue weighted by molar-refractivity contribution is 0.168. The number of carbonyl (C=O) groups is 1. The molecule has 72 valence electrons. The predicted molar refractivity (Wildman–Crippen MR) is 52.1 cm³/mol. The lowest BCUT2D eigenvalue weighted by Crippen LogP contribution is -2.12. The number of anilines is 1. The Morgan fingerprint density at radius 1 is 1.69 bits per heavy atom. The topological polar surface area (TPSA) is 51.2 Å². The Morgan fingerprint density at radius 2 is 2.46 bits per heavy atom. The summed E-state index contributed by atoms with van der Waals surface area (Å²) in [5, 5.41) is 3.14. The maximum atomic E-state index is 10.9. The van der Waals surface area contributed by atoms with Crippen LogP contribution < -0.4 is 5.32 Å². The summed E-state index contributed by atoms with van der Waals surface area (Å²) in [4.78, 5) is 16.1. The maximum Gasteiger partial charge on any atom is 0.413 e. The molecule has 0 saturated carbocycles. The van der Waals surface area contributed by atoms with Crippen molar-refractivity contribution in [3.63, 3.8) is 0 Å². The van der Waals surface area contributed by atoms with Crippen LogP contribution in [0.2, 0.25) is 0 Å². The monoisotopic (exact) mass is 200 g/mol. The van der Waals surface area contributed by atoms with E-state index in [1.54, 1.807) is 13.1 Å². The van der Waals surface area contributed by atoms with Crippen LogP contribution in [0, 0.1) is 0 Å². The van der Waals surface area contributed by atoms with Gasteiger partial charge in [-0.1, -0.05) is 6.92 Å². The molecule has 0 atom stereocenters. The summed E-state index contributed by atoms with van der Waals surface area (Å²) in [5.41, 5.74) is 0. The SMILES string of the molecule is CCOC(=O)Nc1ncc(CC)s1. The molecule has 5 heteroatoms. The number of amides is 1. The van der Waals surface area contributed by atoms with Gasteiger partial charge in [-0.2, -0.15) is 0 Å². The Bertz CT molecular complexity index is 285. The number of carbonyl (C=O) groups excluding carboxylic acids is 1. The first-order valence-electron chi connectivity index (χ1n) is 4.14. The molecule has 0 aliphatic rings. The molecule has 0 radical (unpaired) electrons. The molecule has 13 heavy (non-hydrogen) atoms. The molecular formula is C8H12N2O2S. The van der Waals surface area contributed by atoms with Gasteiger partial charge in [0.25, 0.3) is 0 Å². The first-order valence-corrected chi connectivity index (χ1v) is 4.96. The Kier molecular flexibility index (Phi) is 3.70. The molecule has 0 unspecified atom stereocenters. The van der Waals surface area contributed by atoms with Crippen LogP contribution in [0.4, 0.5) is 9.93 Å². The van der Waals surface area contributed by atoms with E-state index in [2.05, 4.69) is 10.3 Å². The van der Waals surface area contributed by atoms with E-state index in [0.29, 0.717) is 11.7 Å². The third-order valence-corrected chi connectivity index (χ3v) is 2.44. The van der Waals surface area contributed by atoms with E-state index in [1.807, 2.05) is 6.92 Å². The summed E-state index contributed by atoms with van der Waals surface area (Å²) in [6.45, 7) is 4.18. The second-order valence-corrected chi connectivity index (χ2v) is 3.45. The minimum atomic E-state index is -0.445. The molecule has 4 nitrogen and oxygen atoms in total. The highest BCUT2D eigenvalue weighted by molar-refractivity contribution is 7.15. The number of thiazole rings is 1. The smallest absolute Gasteiger partial charge is 0.413 e. The summed E-state index contributed by atoms with van der Waals surface area (Å²) in [6.07, 6.45) is 2.24. The summed E-state index contributed by atoms with van der Waals surface area (Å²) in [7, 11) is 0. The van der Waals surface area contributed by atoms with Crippen LogP contribution in [0.3, 0.4) is 0 Å². The van der Waals surface area contributed by atoms with E-state index in [-0.39, 0.29) is 0 Å². The number of hydrogen-bond donors (Lipinski definition) is 1. The fraction of sp³-hybridized carbons (Fsp3) is 0.500. The van der Waals surface area contributed by atoms with Gasteiger partial charge in [0.05, 0.1) is 6.61 Å². The molecule has 0 saturated heterocycles. The summed E-state index contributed by atoms with van der Waals surface area (Å²) in [5.74, 6) is 0. The van der Waals surface area contributed by atoms with Crippen molar-refractivity contribution in [2.75, 3.05) is 11.9 Å². The zero-order chi connectivity index (χ0) is 9.68. The van der Waals surface area contributed by atoms with Gasteiger partial charge in [0.2, 0.25) is 0 Å². The second kappa shape index (κ2) is 4.81. The molecule has 1 aromatic heterocycles. The van der Waals surface area contributed by atoms with Crippen molar-refractivity contribution < 1.29 is 9.53 Å². The largest absolute Gasteiger partial charge is 0.450 e. The second-order valence-electron chi connectivity index (χ2n) is 2.33. The fourth-order valence-electron chi connectivity index (χ4n) is 0.783. The third kappa shape index (κ3) is 3.02. The first-order chi connectivity index (χ1) is 6.26. The van der Waals surface area contributed by atoms with Crippen LogP contribution in [-0.4, -0.2) is 17.7 Å². The zero-order valence-corrected chi connectivity index (χ0v) is 8.48. The molecule has 1 heterocycles. The Hall–Kier alpha value is -1.10. The fourth-order valence-corrected chi connectivity index (χ4v) is 1.52. The summed E-state index contributed by atoms with van der Waals surface area (Å²) < 4.78 is 4.71. The minimum absolute atomic E-state index is 0.373. The van der Waals surface area contributed by atoms with Crippen molar-refractivity contribution in [1.29, 1.82) is 0 Å². The van der Waals surface area contributed by atoms with Gasteiger partial charge in [0, 0.05) is 11.1 Å². The number of aromatic nitrogens is 1. The average Bonchev–Trinajstić information content (AvgIpc) is 2.52.